The van der Waals surface area contributed by atoms with E-state index in [-0.39, 0.29) is 0 Å². The van der Waals surface area contributed by atoms with Gasteiger partial charge < -0.3 is 9.84 Å². The zero-order valence-corrected chi connectivity index (χ0v) is 13.0. The van der Waals surface area contributed by atoms with Crippen LogP contribution in [-0.4, -0.2) is 23.2 Å². The average molecular weight is 291 g/mol. The third-order valence-electron chi connectivity index (χ3n) is 3.11. The Morgan fingerprint density at radius 1 is 1.25 bits per heavy atom. The third-order valence-corrected chi connectivity index (χ3v) is 4.10. The number of likely N-dealkylation sites (N-methyl/N-ethyl adjacent to an activating group) is 1. The minimum absolute atomic E-state index is 0.362. The minimum Gasteiger partial charge on any atom is -0.338 e. The molecule has 0 spiro atoms. The summed E-state index contributed by atoms with van der Waals surface area (Å²) in [6.45, 7) is 4.20. The van der Waals surface area contributed by atoms with E-state index in [1.54, 1.807) is 11.8 Å². The average Bonchev–Trinajstić information content (AvgIpc) is 2.88. The molecule has 1 N–H and O–H groups in total. The first kappa shape index (κ1) is 15.1. The van der Waals surface area contributed by atoms with E-state index in [9.17, 15) is 0 Å². The van der Waals surface area contributed by atoms with Crippen molar-refractivity contribution in [2.24, 2.45) is 0 Å². The lowest BCUT2D eigenvalue weighted by atomic mass is 10.2. The van der Waals surface area contributed by atoms with Gasteiger partial charge in [-0.2, -0.15) is 4.98 Å². The van der Waals surface area contributed by atoms with Gasteiger partial charge >= 0.3 is 0 Å². The molecule has 4 nitrogen and oxygen atoms in total. The van der Waals surface area contributed by atoms with Gasteiger partial charge in [-0.25, -0.2) is 0 Å². The molecule has 1 aromatic carbocycles. The van der Waals surface area contributed by atoms with Crippen LogP contribution in [0.2, 0.25) is 0 Å². The molecule has 1 unspecified atom stereocenters. The quantitative estimate of drug-likeness (QED) is 0.850. The zero-order chi connectivity index (χ0) is 14.4. The van der Waals surface area contributed by atoms with Gasteiger partial charge in [-0.05, 0) is 26.5 Å². The van der Waals surface area contributed by atoms with Crippen molar-refractivity contribution in [1.29, 1.82) is 0 Å². The molecular formula is C15H21N3OS. The first-order valence-electron chi connectivity index (χ1n) is 6.79. The van der Waals surface area contributed by atoms with E-state index in [2.05, 4.69) is 53.6 Å². The maximum absolute atomic E-state index is 5.26. The number of aromatic nitrogens is 2. The van der Waals surface area contributed by atoms with Crippen molar-refractivity contribution in [3.8, 4) is 0 Å². The van der Waals surface area contributed by atoms with E-state index >= 15 is 0 Å². The molecule has 0 aliphatic heterocycles. The molecule has 0 amide bonds. The summed E-state index contributed by atoms with van der Waals surface area (Å²) in [7, 11) is 1.93. The van der Waals surface area contributed by atoms with Crippen molar-refractivity contribution in [2.45, 2.75) is 37.8 Å². The van der Waals surface area contributed by atoms with E-state index in [0.717, 1.165) is 23.8 Å². The number of aryl methyl sites for hydroxylation is 1. The molecular weight excluding hydrogens is 270 g/mol. The molecule has 0 radical (unpaired) electrons. The molecule has 1 heterocycles. The summed E-state index contributed by atoms with van der Waals surface area (Å²) >= 11 is 1.79. The summed E-state index contributed by atoms with van der Waals surface area (Å²) in [5, 5.41) is 7.17. The van der Waals surface area contributed by atoms with Gasteiger partial charge in [-0.1, -0.05) is 35.0 Å². The Morgan fingerprint density at radius 2 is 2.00 bits per heavy atom. The molecule has 5 heteroatoms. The van der Waals surface area contributed by atoms with Crippen LogP contribution in [0.4, 0.5) is 0 Å². The number of thioether (sulfide) groups is 1. The molecule has 2 aromatic rings. The van der Waals surface area contributed by atoms with Crippen molar-refractivity contribution in [1.82, 2.24) is 15.5 Å². The van der Waals surface area contributed by atoms with Crippen molar-refractivity contribution in [3.05, 3.63) is 47.1 Å². The first-order chi connectivity index (χ1) is 9.67. The number of benzene rings is 1. The standard InChI is InChI=1S/C15H21N3OS/c1-11-4-6-13(7-5-11)9-20-10-15-17-14(18-19-15)8-12(2)16-3/h4-7,12,16H,8-10H2,1-3H3. The van der Waals surface area contributed by atoms with Crippen LogP contribution < -0.4 is 5.32 Å². The highest BCUT2D eigenvalue weighted by Crippen LogP contribution is 2.17. The smallest absolute Gasteiger partial charge is 0.236 e. The summed E-state index contributed by atoms with van der Waals surface area (Å²) in [5.41, 5.74) is 2.61. The van der Waals surface area contributed by atoms with Crippen LogP contribution in [0.1, 0.15) is 29.8 Å². The van der Waals surface area contributed by atoms with Crippen LogP contribution in [0.3, 0.4) is 0 Å². The van der Waals surface area contributed by atoms with Gasteiger partial charge in [0, 0.05) is 18.2 Å². The van der Waals surface area contributed by atoms with Crippen LogP contribution >= 0.6 is 11.8 Å². The molecule has 108 valence electrons. The topological polar surface area (TPSA) is 51.0 Å². The second-order valence-corrected chi connectivity index (χ2v) is 5.96. The summed E-state index contributed by atoms with van der Waals surface area (Å²) in [5.74, 6) is 3.21. The van der Waals surface area contributed by atoms with E-state index in [4.69, 9.17) is 4.52 Å². The molecule has 1 aromatic heterocycles. The number of nitrogens with zero attached hydrogens (tertiary/aromatic N) is 2. The maximum Gasteiger partial charge on any atom is 0.236 e. The van der Waals surface area contributed by atoms with E-state index in [0.29, 0.717) is 11.9 Å². The van der Waals surface area contributed by atoms with E-state index in [1.807, 2.05) is 7.05 Å². The summed E-state index contributed by atoms with van der Waals surface area (Å²) in [6, 6.07) is 8.96. The van der Waals surface area contributed by atoms with Crippen LogP contribution in [0, 0.1) is 6.92 Å². The van der Waals surface area contributed by atoms with Gasteiger partial charge in [0.15, 0.2) is 5.82 Å². The molecule has 0 bridgehead atoms. The lowest BCUT2D eigenvalue weighted by molar-refractivity contribution is 0.382. The molecule has 0 aliphatic rings. The van der Waals surface area contributed by atoms with Gasteiger partial charge in [0.05, 0.1) is 5.75 Å². The van der Waals surface area contributed by atoms with Gasteiger partial charge in [0.25, 0.3) is 0 Å². The molecule has 2 rings (SSSR count). The van der Waals surface area contributed by atoms with Crippen LogP contribution in [0.25, 0.3) is 0 Å². The molecule has 0 saturated heterocycles. The molecule has 0 fully saturated rings. The fourth-order valence-corrected chi connectivity index (χ4v) is 2.57. The molecule has 20 heavy (non-hydrogen) atoms. The van der Waals surface area contributed by atoms with E-state index < -0.39 is 0 Å². The lowest BCUT2D eigenvalue weighted by Gasteiger charge is -2.04. The van der Waals surface area contributed by atoms with E-state index in [1.165, 1.54) is 11.1 Å². The Bertz CT molecular complexity index is 524. The number of rotatable bonds is 7. The van der Waals surface area contributed by atoms with Crippen molar-refractivity contribution in [2.75, 3.05) is 7.05 Å². The first-order valence-corrected chi connectivity index (χ1v) is 7.95. The predicted octanol–water partition coefficient (Wildman–Crippen LogP) is 2.96. The highest BCUT2D eigenvalue weighted by Gasteiger charge is 2.09. The van der Waals surface area contributed by atoms with Gasteiger partial charge in [0.2, 0.25) is 5.89 Å². The van der Waals surface area contributed by atoms with Gasteiger partial charge in [0.1, 0.15) is 0 Å². The Morgan fingerprint density at radius 3 is 2.70 bits per heavy atom. The highest BCUT2D eigenvalue weighted by molar-refractivity contribution is 7.97. The molecule has 0 saturated carbocycles. The summed E-state index contributed by atoms with van der Waals surface area (Å²) in [4.78, 5) is 4.40. The largest absolute Gasteiger partial charge is 0.338 e. The van der Waals surface area contributed by atoms with Gasteiger partial charge in [-0.3, -0.25) is 0 Å². The van der Waals surface area contributed by atoms with Crippen LogP contribution in [0.5, 0.6) is 0 Å². The molecule has 1 atom stereocenters. The second kappa shape index (κ2) is 7.45. The SMILES string of the molecule is CNC(C)Cc1noc(CSCc2ccc(C)cc2)n1. The Kier molecular flexibility index (Phi) is 5.61. The lowest BCUT2D eigenvalue weighted by Crippen LogP contribution is -2.24. The number of hydrogen-bond acceptors (Lipinski definition) is 5. The number of nitrogens with one attached hydrogen (secondary N) is 1. The number of hydrogen-bond donors (Lipinski definition) is 1. The monoisotopic (exact) mass is 291 g/mol. The second-order valence-electron chi connectivity index (χ2n) is 4.98. The molecule has 0 aliphatic carbocycles. The summed E-state index contributed by atoms with van der Waals surface area (Å²) < 4.78 is 5.26. The minimum atomic E-state index is 0.362. The fraction of sp³-hybridized carbons (Fsp3) is 0.467. The van der Waals surface area contributed by atoms with Crippen molar-refractivity contribution in [3.63, 3.8) is 0 Å². The normalized spacial score (nSPS) is 12.6. The van der Waals surface area contributed by atoms with Gasteiger partial charge in [-0.15, -0.1) is 11.8 Å². The fourth-order valence-electron chi connectivity index (χ4n) is 1.75. The van der Waals surface area contributed by atoms with Crippen molar-refractivity contribution < 1.29 is 4.52 Å². The Labute approximate surface area is 124 Å². The van der Waals surface area contributed by atoms with Crippen LogP contribution in [-0.2, 0) is 17.9 Å². The third kappa shape index (κ3) is 4.65. The highest BCUT2D eigenvalue weighted by atomic mass is 32.2. The summed E-state index contributed by atoms with van der Waals surface area (Å²) in [6.07, 6.45) is 0.794. The Balaban J connectivity index is 1.78. The zero-order valence-electron chi connectivity index (χ0n) is 12.2. The predicted molar refractivity (Wildman–Crippen MR) is 82.7 cm³/mol. The maximum atomic E-state index is 5.26. The Hall–Kier alpha value is -1.33. The van der Waals surface area contributed by atoms with Crippen LogP contribution in [0.15, 0.2) is 28.8 Å². The van der Waals surface area contributed by atoms with Crippen molar-refractivity contribution >= 4 is 11.8 Å².